The highest BCUT2D eigenvalue weighted by Gasteiger charge is 2.72. The summed E-state index contributed by atoms with van der Waals surface area (Å²) in [6, 6.07) is 27.3. The molecule has 3 aromatic rings. The molecule has 0 aromatic heterocycles. The molecule has 6 atom stereocenters. The van der Waals surface area contributed by atoms with Crippen LogP contribution in [0.5, 0.6) is 0 Å². The molecule has 0 spiro atoms. The first-order valence-electron chi connectivity index (χ1n) is 12.3. The van der Waals surface area contributed by atoms with Gasteiger partial charge >= 0.3 is 0 Å². The van der Waals surface area contributed by atoms with Crippen LogP contribution in [0.4, 0.5) is 0 Å². The van der Waals surface area contributed by atoms with Crippen LogP contribution in [0.15, 0.2) is 91.0 Å². The second-order valence-electron chi connectivity index (χ2n) is 9.86. The lowest BCUT2D eigenvalue weighted by molar-refractivity contribution is -0.332. The number of ether oxygens (including phenoxy) is 1. The number of benzene rings is 3. The third-order valence-electron chi connectivity index (χ3n) is 7.34. The van der Waals surface area contributed by atoms with E-state index in [1.165, 1.54) is 6.92 Å². The van der Waals surface area contributed by atoms with E-state index >= 15 is 0 Å². The number of thioether (sulfide) groups is 1. The van der Waals surface area contributed by atoms with Crippen LogP contribution in [0.1, 0.15) is 23.6 Å². The predicted octanol–water partition coefficient (Wildman–Crippen LogP) is 2.95. The molecule has 0 aliphatic carbocycles. The van der Waals surface area contributed by atoms with E-state index in [4.69, 9.17) is 4.74 Å². The Bertz CT molecular complexity index is 1170. The molecule has 0 bridgehead atoms. The minimum absolute atomic E-state index is 0.0324. The summed E-state index contributed by atoms with van der Waals surface area (Å²) in [5, 5.41) is 48.0. The molecule has 7 heteroatoms. The number of carbonyl (C=O) groups is 1. The van der Waals surface area contributed by atoms with Crippen molar-refractivity contribution in [2.75, 3.05) is 6.26 Å². The molecule has 0 saturated carbocycles. The molecular weight excluding hydrogens is 488 g/mol. The molecule has 4 rings (SSSR count). The molecule has 37 heavy (non-hydrogen) atoms. The standard InChI is InChI=1S/C30H34O6S/c1-21(31)25(32)26-28(33,18-22-12-6-3-7-13-22)30(35,20-24-16-10-5-11-17-24)29(34,27(36-26)37-2)19-23-14-8-4-9-15-23/h3-17,21,26-27,31,33-35H,18-20H2,1-2H3/t21?,26-,27-,28-,29-,30+/m1/s1. The summed E-state index contributed by atoms with van der Waals surface area (Å²) in [7, 11) is 0. The van der Waals surface area contributed by atoms with Crippen LogP contribution in [0, 0.1) is 0 Å². The van der Waals surface area contributed by atoms with Gasteiger partial charge in [0.05, 0.1) is 0 Å². The maximum atomic E-state index is 13.3. The minimum atomic E-state index is -2.28. The second-order valence-corrected chi connectivity index (χ2v) is 10.8. The van der Waals surface area contributed by atoms with Gasteiger partial charge < -0.3 is 25.2 Å². The molecule has 0 radical (unpaired) electrons. The number of hydrogen-bond donors (Lipinski definition) is 4. The van der Waals surface area contributed by atoms with Crippen molar-refractivity contribution in [2.24, 2.45) is 0 Å². The van der Waals surface area contributed by atoms with Crippen LogP contribution < -0.4 is 0 Å². The van der Waals surface area contributed by atoms with Crippen molar-refractivity contribution in [1.82, 2.24) is 0 Å². The maximum Gasteiger partial charge on any atom is 0.192 e. The second kappa shape index (κ2) is 11.1. The maximum absolute atomic E-state index is 13.3. The average Bonchev–Trinajstić information content (AvgIpc) is 2.89. The molecule has 1 heterocycles. The van der Waals surface area contributed by atoms with E-state index in [2.05, 4.69) is 0 Å². The largest absolute Gasteiger partial charge is 0.386 e. The molecule has 1 aliphatic rings. The number of rotatable bonds is 9. The van der Waals surface area contributed by atoms with Gasteiger partial charge in [-0.3, -0.25) is 4.79 Å². The van der Waals surface area contributed by atoms with Gasteiger partial charge in [-0.05, 0) is 29.9 Å². The highest BCUT2D eigenvalue weighted by molar-refractivity contribution is 7.99. The van der Waals surface area contributed by atoms with E-state index in [1.54, 1.807) is 42.7 Å². The molecule has 3 aromatic carbocycles. The molecule has 6 nitrogen and oxygen atoms in total. The number of aliphatic hydroxyl groups is 4. The highest BCUT2D eigenvalue weighted by Crippen LogP contribution is 2.52. The first-order valence-corrected chi connectivity index (χ1v) is 13.6. The number of carbonyl (C=O) groups excluding carboxylic acids is 1. The van der Waals surface area contributed by atoms with E-state index in [1.807, 2.05) is 54.6 Å². The number of aliphatic hydroxyl groups excluding tert-OH is 1. The normalized spacial score (nSPS) is 30.5. The van der Waals surface area contributed by atoms with E-state index < -0.39 is 40.2 Å². The summed E-state index contributed by atoms with van der Waals surface area (Å²) in [4.78, 5) is 13.3. The third kappa shape index (κ3) is 5.12. The molecule has 1 aliphatic heterocycles. The Morgan fingerprint density at radius 2 is 1.19 bits per heavy atom. The average molecular weight is 523 g/mol. The van der Waals surface area contributed by atoms with Gasteiger partial charge in [0, 0.05) is 19.3 Å². The van der Waals surface area contributed by atoms with Gasteiger partial charge in [-0.15, -0.1) is 11.8 Å². The summed E-state index contributed by atoms with van der Waals surface area (Å²) in [6.45, 7) is 1.31. The van der Waals surface area contributed by atoms with Crippen molar-refractivity contribution in [2.45, 2.75) is 60.6 Å². The quantitative estimate of drug-likeness (QED) is 0.342. The predicted molar refractivity (Wildman–Crippen MR) is 144 cm³/mol. The van der Waals surface area contributed by atoms with E-state index in [-0.39, 0.29) is 19.3 Å². The lowest BCUT2D eigenvalue weighted by Crippen LogP contribution is -2.82. The first kappa shape index (κ1) is 27.5. The van der Waals surface area contributed by atoms with Crippen LogP contribution in [-0.4, -0.2) is 66.9 Å². The van der Waals surface area contributed by atoms with Gasteiger partial charge in [-0.1, -0.05) is 91.0 Å². The van der Waals surface area contributed by atoms with Gasteiger partial charge in [0.1, 0.15) is 28.3 Å². The van der Waals surface area contributed by atoms with Gasteiger partial charge in [0.25, 0.3) is 0 Å². The lowest BCUT2D eigenvalue weighted by atomic mass is 9.59. The van der Waals surface area contributed by atoms with Crippen LogP contribution in [0.25, 0.3) is 0 Å². The fraction of sp³-hybridized carbons (Fsp3) is 0.367. The Balaban J connectivity index is 1.95. The Labute approximate surface area is 221 Å². The topological polar surface area (TPSA) is 107 Å². The van der Waals surface area contributed by atoms with Gasteiger partial charge in [-0.25, -0.2) is 0 Å². The third-order valence-corrected chi connectivity index (χ3v) is 8.26. The molecular formula is C30H34O6S. The Morgan fingerprint density at radius 3 is 1.59 bits per heavy atom. The van der Waals surface area contributed by atoms with E-state index in [9.17, 15) is 25.2 Å². The highest BCUT2D eigenvalue weighted by atomic mass is 32.2. The number of ketones is 1. The summed E-state index contributed by atoms with van der Waals surface area (Å²) in [5.41, 5.74) is -5.57. The van der Waals surface area contributed by atoms with Crippen molar-refractivity contribution in [1.29, 1.82) is 0 Å². The molecule has 1 fully saturated rings. The van der Waals surface area contributed by atoms with Crippen LogP contribution in [0.2, 0.25) is 0 Å². The molecule has 1 unspecified atom stereocenters. The summed E-state index contributed by atoms with van der Waals surface area (Å²) >= 11 is 1.15. The van der Waals surface area contributed by atoms with Crippen molar-refractivity contribution < 1.29 is 30.0 Å². The molecule has 0 amide bonds. The van der Waals surface area contributed by atoms with Crippen LogP contribution >= 0.6 is 11.8 Å². The van der Waals surface area contributed by atoms with Gasteiger partial charge in [0.15, 0.2) is 11.9 Å². The minimum Gasteiger partial charge on any atom is -0.386 e. The van der Waals surface area contributed by atoms with Crippen molar-refractivity contribution in [3.8, 4) is 0 Å². The zero-order valence-electron chi connectivity index (χ0n) is 21.0. The fourth-order valence-corrected chi connectivity index (χ4v) is 6.28. The summed E-state index contributed by atoms with van der Waals surface area (Å²) in [6.07, 6.45) is -1.68. The van der Waals surface area contributed by atoms with Gasteiger partial charge in [-0.2, -0.15) is 0 Å². The Hall–Kier alpha value is -2.52. The first-order chi connectivity index (χ1) is 17.6. The smallest absolute Gasteiger partial charge is 0.192 e. The number of Topliss-reactive ketones (excluding diaryl/α,β-unsaturated/α-hetero) is 1. The van der Waals surface area contributed by atoms with E-state index in [0.29, 0.717) is 11.1 Å². The zero-order valence-corrected chi connectivity index (χ0v) is 21.8. The van der Waals surface area contributed by atoms with Crippen molar-refractivity contribution >= 4 is 17.5 Å². The van der Waals surface area contributed by atoms with Crippen molar-refractivity contribution in [3.63, 3.8) is 0 Å². The van der Waals surface area contributed by atoms with Gasteiger partial charge in [0.2, 0.25) is 0 Å². The SMILES string of the molecule is CS[C@H]1O[C@H](C(=O)C(C)O)[C@](O)(Cc2ccccc2)[C@@](O)(Cc2ccccc2)[C@@]1(O)Cc1ccccc1. The number of hydrogen-bond acceptors (Lipinski definition) is 7. The fourth-order valence-electron chi connectivity index (χ4n) is 5.39. The molecule has 4 N–H and O–H groups in total. The Kier molecular flexibility index (Phi) is 8.23. The van der Waals surface area contributed by atoms with E-state index in [0.717, 1.165) is 17.3 Å². The lowest BCUT2D eigenvalue weighted by Gasteiger charge is -2.61. The summed E-state index contributed by atoms with van der Waals surface area (Å²) in [5.74, 6) is -0.759. The molecule has 1 saturated heterocycles. The molecule has 196 valence electrons. The monoisotopic (exact) mass is 522 g/mol. The summed E-state index contributed by atoms with van der Waals surface area (Å²) < 4.78 is 6.16. The Morgan fingerprint density at radius 1 is 0.784 bits per heavy atom. The van der Waals surface area contributed by atoms with Crippen LogP contribution in [0.3, 0.4) is 0 Å². The van der Waals surface area contributed by atoms with Crippen LogP contribution in [-0.2, 0) is 28.8 Å². The zero-order chi connectivity index (χ0) is 26.7. The van der Waals surface area contributed by atoms with Crippen molar-refractivity contribution in [3.05, 3.63) is 108 Å².